The van der Waals surface area contributed by atoms with Crippen LogP contribution in [0.3, 0.4) is 0 Å². The van der Waals surface area contributed by atoms with Crippen molar-refractivity contribution in [3.63, 3.8) is 0 Å². The van der Waals surface area contributed by atoms with E-state index < -0.39 is 0 Å². The molecule has 5 heteroatoms. The highest BCUT2D eigenvalue weighted by Crippen LogP contribution is 2.26. The lowest BCUT2D eigenvalue weighted by Gasteiger charge is -2.06. The van der Waals surface area contributed by atoms with Gasteiger partial charge in [-0.3, -0.25) is 9.48 Å². The molecule has 1 aromatic carbocycles. The Balaban J connectivity index is 2.19. The minimum atomic E-state index is 0.583. The summed E-state index contributed by atoms with van der Waals surface area (Å²) in [5, 5.41) is 14.5. The molecule has 0 saturated heterocycles. The van der Waals surface area contributed by atoms with E-state index in [0.717, 1.165) is 28.3 Å². The summed E-state index contributed by atoms with van der Waals surface area (Å²) < 4.78 is 3.69. The molecule has 0 aliphatic carbocycles. The van der Waals surface area contributed by atoms with Crippen LogP contribution in [0.5, 0.6) is 0 Å². The third kappa shape index (κ3) is 2.11. The van der Waals surface area contributed by atoms with E-state index in [1.54, 1.807) is 16.9 Å². The van der Waals surface area contributed by atoms with E-state index in [1.807, 2.05) is 36.9 Å². The lowest BCUT2D eigenvalue weighted by molar-refractivity contribution is 0.112. The first-order chi connectivity index (χ1) is 10.1. The van der Waals surface area contributed by atoms with Gasteiger partial charge in [-0.15, -0.1) is 0 Å². The molecule has 3 rings (SSSR count). The van der Waals surface area contributed by atoms with Gasteiger partial charge in [0.25, 0.3) is 0 Å². The number of fused-ring (bicyclic) bond motifs is 1. The van der Waals surface area contributed by atoms with E-state index in [-0.39, 0.29) is 0 Å². The summed E-state index contributed by atoms with van der Waals surface area (Å²) in [7, 11) is 1.86. The van der Waals surface area contributed by atoms with Crippen LogP contribution < -0.4 is 0 Å². The Bertz CT molecular complexity index is 880. The van der Waals surface area contributed by atoms with Gasteiger partial charge >= 0.3 is 0 Å². The number of aromatic nitrogens is 3. The lowest BCUT2D eigenvalue weighted by atomic mass is 10.1. The predicted molar refractivity (Wildman–Crippen MR) is 79.1 cm³/mol. The average molecular weight is 278 g/mol. The van der Waals surface area contributed by atoms with Gasteiger partial charge in [-0.25, -0.2) is 0 Å². The average Bonchev–Trinajstić information content (AvgIpc) is 3.04. The monoisotopic (exact) mass is 278 g/mol. The van der Waals surface area contributed by atoms with Crippen molar-refractivity contribution >= 4 is 17.2 Å². The minimum absolute atomic E-state index is 0.583. The maximum atomic E-state index is 11.0. The van der Waals surface area contributed by atoms with Gasteiger partial charge in [-0.2, -0.15) is 10.4 Å². The summed E-state index contributed by atoms with van der Waals surface area (Å²) in [6.45, 7) is 2.49. The summed E-state index contributed by atoms with van der Waals surface area (Å²) in [6, 6.07) is 7.75. The van der Waals surface area contributed by atoms with Crippen LogP contribution >= 0.6 is 0 Å². The third-order valence-electron chi connectivity index (χ3n) is 3.74. The van der Waals surface area contributed by atoms with Crippen molar-refractivity contribution in [3.05, 3.63) is 53.0 Å². The number of hydrogen-bond acceptors (Lipinski definition) is 3. The molecule has 104 valence electrons. The van der Waals surface area contributed by atoms with Gasteiger partial charge in [0.2, 0.25) is 0 Å². The van der Waals surface area contributed by atoms with Gasteiger partial charge in [0.1, 0.15) is 18.0 Å². The predicted octanol–water partition coefficient (Wildman–Crippen LogP) is 2.42. The number of rotatable bonds is 3. The second-order valence-electron chi connectivity index (χ2n) is 5.08. The number of benzene rings is 1. The summed E-state index contributed by atoms with van der Waals surface area (Å²) in [4.78, 5) is 11.0. The van der Waals surface area contributed by atoms with Gasteiger partial charge in [-0.05, 0) is 30.7 Å². The number of aldehydes is 1. The van der Waals surface area contributed by atoms with Crippen LogP contribution in [0.2, 0.25) is 0 Å². The van der Waals surface area contributed by atoms with E-state index >= 15 is 0 Å². The molecule has 0 amide bonds. The van der Waals surface area contributed by atoms with Gasteiger partial charge in [0, 0.05) is 35.3 Å². The maximum absolute atomic E-state index is 11.0. The van der Waals surface area contributed by atoms with Gasteiger partial charge < -0.3 is 4.57 Å². The molecule has 0 aliphatic rings. The van der Waals surface area contributed by atoms with E-state index in [4.69, 9.17) is 0 Å². The zero-order valence-electron chi connectivity index (χ0n) is 11.9. The molecule has 0 N–H and O–H groups in total. The molecular formula is C16H14N4O. The van der Waals surface area contributed by atoms with Crippen LogP contribution in [-0.2, 0) is 13.6 Å². The standard InChI is InChI=1S/C16H14N4O/c1-11-13(10-21)3-4-16-15(11)5-14(6-17)20(16)9-12-7-18-19(2)8-12/h3-5,7-8,10H,9H2,1-2H3. The Morgan fingerprint density at radius 3 is 2.86 bits per heavy atom. The summed E-state index contributed by atoms with van der Waals surface area (Å²) in [5.74, 6) is 0. The first kappa shape index (κ1) is 13.1. The lowest BCUT2D eigenvalue weighted by Crippen LogP contribution is -2.01. The van der Waals surface area contributed by atoms with Crippen molar-refractivity contribution in [1.29, 1.82) is 5.26 Å². The van der Waals surface area contributed by atoms with E-state index in [2.05, 4.69) is 11.2 Å². The quantitative estimate of drug-likeness (QED) is 0.691. The van der Waals surface area contributed by atoms with Crippen LogP contribution in [-0.4, -0.2) is 20.6 Å². The largest absolute Gasteiger partial charge is 0.328 e. The number of nitriles is 1. The fourth-order valence-electron chi connectivity index (χ4n) is 2.62. The van der Waals surface area contributed by atoms with Crippen molar-refractivity contribution in [2.75, 3.05) is 0 Å². The SMILES string of the molecule is Cc1c(C=O)ccc2c1cc(C#N)n2Cc1cnn(C)c1. The highest BCUT2D eigenvalue weighted by atomic mass is 16.1. The molecule has 21 heavy (non-hydrogen) atoms. The van der Waals surface area contributed by atoms with Crippen molar-refractivity contribution in [1.82, 2.24) is 14.3 Å². The fourth-order valence-corrected chi connectivity index (χ4v) is 2.62. The summed E-state index contributed by atoms with van der Waals surface area (Å²) in [6.07, 6.45) is 4.57. The molecule has 0 fully saturated rings. The molecule has 0 radical (unpaired) electrons. The van der Waals surface area contributed by atoms with E-state index in [1.165, 1.54) is 0 Å². The van der Waals surface area contributed by atoms with Crippen molar-refractivity contribution < 1.29 is 4.79 Å². The zero-order valence-corrected chi connectivity index (χ0v) is 11.9. The minimum Gasteiger partial charge on any atom is -0.328 e. The molecule has 0 saturated carbocycles. The molecule has 0 spiro atoms. The Labute approximate surface area is 122 Å². The second-order valence-corrected chi connectivity index (χ2v) is 5.08. The van der Waals surface area contributed by atoms with Crippen molar-refractivity contribution in [2.45, 2.75) is 13.5 Å². The van der Waals surface area contributed by atoms with Crippen molar-refractivity contribution in [2.24, 2.45) is 7.05 Å². The normalized spacial score (nSPS) is 10.7. The first-order valence-corrected chi connectivity index (χ1v) is 6.59. The highest BCUT2D eigenvalue weighted by Gasteiger charge is 2.13. The summed E-state index contributed by atoms with van der Waals surface area (Å²) in [5.41, 5.74) is 4.14. The number of carbonyl (C=O) groups is 1. The molecule has 0 unspecified atom stereocenters. The van der Waals surface area contributed by atoms with Crippen LogP contribution in [0.4, 0.5) is 0 Å². The third-order valence-corrected chi connectivity index (χ3v) is 3.74. The Morgan fingerprint density at radius 1 is 1.43 bits per heavy atom. The van der Waals surface area contributed by atoms with E-state index in [0.29, 0.717) is 17.8 Å². The number of aryl methyl sites for hydroxylation is 2. The molecule has 0 aliphatic heterocycles. The van der Waals surface area contributed by atoms with Crippen LogP contribution in [0.25, 0.3) is 10.9 Å². The number of nitrogens with zero attached hydrogens (tertiary/aromatic N) is 4. The topological polar surface area (TPSA) is 63.6 Å². The Kier molecular flexibility index (Phi) is 3.07. The first-order valence-electron chi connectivity index (χ1n) is 6.59. The molecule has 5 nitrogen and oxygen atoms in total. The fraction of sp³-hybridized carbons (Fsp3) is 0.188. The Morgan fingerprint density at radius 2 is 2.24 bits per heavy atom. The molecular weight excluding hydrogens is 264 g/mol. The molecule has 0 bridgehead atoms. The molecule has 2 aromatic heterocycles. The van der Waals surface area contributed by atoms with E-state index in [9.17, 15) is 10.1 Å². The molecule has 2 heterocycles. The zero-order chi connectivity index (χ0) is 15.0. The van der Waals surface area contributed by atoms with Gasteiger partial charge in [0.15, 0.2) is 0 Å². The van der Waals surface area contributed by atoms with Gasteiger partial charge in [-0.1, -0.05) is 0 Å². The van der Waals surface area contributed by atoms with Crippen LogP contribution in [0.15, 0.2) is 30.6 Å². The molecule has 3 aromatic rings. The van der Waals surface area contributed by atoms with Gasteiger partial charge in [0.05, 0.1) is 12.7 Å². The maximum Gasteiger partial charge on any atom is 0.150 e. The van der Waals surface area contributed by atoms with Crippen LogP contribution in [0.1, 0.15) is 27.2 Å². The highest BCUT2D eigenvalue weighted by molar-refractivity contribution is 5.92. The smallest absolute Gasteiger partial charge is 0.150 e. The summed E-state index contributed by atoms with van der Waals surface area (Å²) >= 11 is 0. The number of carbonyl (C=O) groups excluding carboxylic acids is 1. The number of hydrogen-bond donors (Lipinski definition) is 0. The van der Waals surface area contributed by atoms with Crippen LogP contribution in [0, 0.1) is 18.3 Å². The Hall–Kier alpha value is -2.87. The van der Waals surface area contributed by atoms with Crippen molar-refractivity contribution in [3.8, 4) is 6.07 Å². The molecule has 0 atom stereocenters. The second kappa shape index (κ2) is 4.91.